The molecule has 3 aromatic rings. The maximum atomic E-state index is 6.08. The van der Waals surface area contributed by atoms with Gasteiger partial charge < -0.3 is 15.0 Å². The van der Waals surface area contributed by atoms with E-state index in [1.807, 2.05) is 42.9 Å². The average Bonchev–Trinajstić information content (AvgIpc) is 2.89. The van der Waals surface area contributed by atoms with Crippen LogP contribution in [0.4, 0.5) is 0 Å². The summed E-state index contributed by atoms with van der Waals surface area (Å²) in [5.41, 5.74) is 7.10. The molecule has 2 N–H and O–H groups in total. The maximum Gasteiger partial charge on any atom is 0.146 e. The predicted octanol–water partition coefficient (Wildman–Crippen LogP) is 3.17. The fraction of sp³-hybridized carbons (Fsp3) is 0.235. The second-order valence-electron chi connectivity index (χ2n) is 5.24. The van der Waals surface area contributed by atoms with Crippen molar-refractivity contribution < 1.29 is 4.74 Å². The Morgan fingerprint density at radius 1 is 1.24 bits per heavy atom. The third-order valence-electron chi connectivity index (χ3n) is 3.67. The molecule has 2 aromatic carbocycles. The Labute approximate surface area is 124 Å². The predicted molar refractivity (Wildman–Crippen MR) is 84.1 cm³/mol. The summed E-state index contributed by atoms with van der Waals surface area (Å²) in [4.78, 5) is 4.29. The molecule has 0 unspecified atom stereocenters. The van der Waals surface area contributed by atoms with Gasteiger partial charge in [-0.05, 0) is 12.3 Å². The van der Waals surface area contributed by atoms with Crippen molar-refractivity contribution in [1.82, 2.24) is 9.55 Å². The van der Waals surface area contributed by atoms with Crippen molar-refractivity contribution in [3.63, 3.8) is 0 Å². The van der Waals surface area contributed by atoms with Crippen LogP contribution in [0, 0.1) is 0 Å². The monoisotopic (exact) mass is 281 g/mol. The van der Waals surface area contributed by atoms with Crippen LogP contribution < -0.4 is 10.5 Å². The Hall–Kier alpha value is -2.33. The lowest BCUT2D eigenvalue weighted by Gasteiger charge is -2.16. The molecular formula is C17H19N3O. The quantitative estimate of drug-likeness (QED) is 0.799. The molecule has 0 aliphatic heterocycles. The number of ether oxygens (including phenoxy) is 1. The highest BCUT2D eigenvalue weighted by molar-refractivity contribution is 5.89. The van der Waals surface area contributed by atoms with E-state index in [1.165, 1.54) is 0 Å². The van der Waals surface area contributed by atoms with Crippen molar-refractivity contribution in [2.45, 2.75) is 19.6 Å². The topological polar surface area (TPSA) is 53.1 Å². The fourth-order valence-corrected chi connectivity index (χ4v) is 2.45. The first-order chi connectivity index (χ1) is 10.2. The molecule has 4 heteroatoms. The summed E-state index contributed by atoms with van der Waals surface area (Å²) < 4.78 is 8.03. The molecule has 0 spiro atoms. The van der Waals surface area contributed by atoms with Crippen molar-refractivity contribution in [2.24, 2.45) is 12.8 Å². The molecule has 108 valence electrons. The number of aryl methyl sites for hydroxylation is 1. The molecule has 1 atom stereocenters. The normalized spacial score (nSPS) is 12.5. The lowest BCUT2D eigenvalue weighted by Crippen LogP contribution is -2.10. The van der Waals surface area contributed by atoms with Gasteiger partial charge in [0, 0.05) is 36.4 Å². The summed E-state index contributed by atoms with van der Waals surface area (Å²) >= 11 is 0. The smallest absolute Gasteiger partial charge is 0.146 e. The lowest BCUT2D eigenvalue weighted by molar-refractivity contribution is 0.291. The molecule has 0 saturated heterocycles. The van der Waals surface area contributed by atoms with Crippen LogP contribution in [0.25, 0.3) is 10.8 Å². The third kappa shape index (κ3) is 2.62. The standard InChI is InChI=1S/C17H19N3O/c1-12(18)14-8-7-13-5-3-4-6-15(13)17(14)21-11-16-19-9-10-20(16)2/h3-10,12H,11,18H2,1-2H3/t12-/m0/s1. The summed E-state index contributed by atoms with van der Waals surface area (Å²) in [5.74, 6) is 1.74. The van der Waals surface area contributed by atoms with Gasteiger partial charge in [-0.25, -0.2) is 4.98 Å². The minimum atomic E-state index is -0.0778. The molecule has 0 amide bonds. The van der Waals surface area contributed by atoms with E-state index in [9.17, 15) is 0 Å². The Kier molecular flexibility index (Phi) is 3.62. The number of nitrogens with two attached hydrogens (primary N) is 1. The highest BCUT2D eigenvalue weighted by Crippen LogP contribution is 2.33. The van der Waals surface area contributed by atoms with Gasteiger partial charge >= 0.3 is 0 Å². The van der Waals surface area contributed by atoms with Crippen LogP contribution in [0.15, 0.2) is 48.8 Å². The Balaban J connectivity index is 2.02. The van der Waals surface area contributed by atoms with E-state index in [0.29, 0.717) is 6.61 Å². The molecule has 0 fully saturated rings. The summed E-state index contributed by atoms with van der Waals surface area (Å²) in [7, 11) is 1.96. The summed E-state index contributed by atoms with van der Waals surface area (Å²) in [5, 5.41) is 2.23. The summed E-state index contributed by atoms with van der Waals surface area (Å²) in [6.45, 7) is 2.40. The summed E-state index contributed by atoms with van der Waals surface area (Å²) in [6, 6.07) is 12.2. The second-order valence-corrected chi connectivity index (χ2v) is 5.24. The first kappa shape index (κ1) is 13.6. The van der Waals surface area contributed by atoms with Gasteiger partial charge in [-0.1, -0.05) is 36.4 Å². The average molecular weight is 281 g/mol. The van der Waals surface area contributed by atoms with Crippen molar-refractivity contribution >= 4 is 10.8 Å². The third-order valence-corrected chi connectivity index (χ3v) is 3.67. The molecule has 4 nitrogen and oxygen atoms in total. The van der Waals surface area contributed by atoms with E-state index >= 15 is 0 Å². The lowest BCUT2D eigenvalue weighted by atomic mass is 10.0. The first-order valence-corrected chi connectivity index (χ1v) is 7.03. The van der Waals surface area contributed by atoms with E-state index < -0.39 is 0 Å². The van der Waals surface area contributed by atoms with E-state index in [4.69, 9.17) is 10.5 Å². The van der Waals surface area contributed by atoms with Crippen LogP contribution in [0.2, 0.25) is 0 Å². The number of rotatable bonds is 4. The second kappa shape index (κ2) is 5.58. The van der Waals surface area contributed by atoms with Crippen LogP contribution in [-0.2, 0) is 13.7 Å². The minimum absolute atomic E-state index is 0.0778. The molecular weight excluding hydrogens is 262 g/mol. The largest absolute Gasteiger partial charge is 0.485 e. The molecule has 0 radical (unpaired) electrons. The SMILES string of the molecule is C[C@H](N)c1ccc2ccccc2c1OCc1nccn1C. The molecule has 0 aliphatic carbocycles. The van der Waals surface area contributed by atoms with Gasteiger partial charge in [-0.15, -0.1) is 0 Å². The molecule has 1 aromatic heterocycles. The first-order valence-electron chi connectivity index (χ1n) is 7.03. The number of benzene rings is 2. The van der Waals surface area contributed by atoms with E-state index in [0.717, 1.165) is 27.9 Å². The zero-order chi connectivity index (χ0) is 14.8. The van der Waals surface area contributed by atoms with Gasteiger partial charge in [0.25, 0.3) is 0 Å². The zero-order valence-electron chi connectivity index (χ0n) is 12.3. The fourth-order valence-electron chi connectivity index (χ4n) is 2.45. The van der Waals surface area contributed by atoms with Gasteiger partial charge in [0.05, 0.1) is 0 Å². The van der Waals surface area contributed by atoms with E-state index in [2.05, 4.69) is 23.2 Å². The minimum Gasteiger partial charge on any atom is -0.485 e. The highest BCUT2D eigenvalue weighted by Gasteiger charge is 2.13. The van der Waals surface area contributed by atoms with Gasteiger partial charge in [0.1, 0.15) is 18.2 Å². The van der Waals surface area contributed by atoms with Crippen molar-refractivity contribution in [1.29, 1.82) is 0 Å². The number of fused-ring (bicyclic) bond motifs is 1. The van der Waals surface area contributed by atoms with E-state index in [-0.39, 0.29) is 6.04 Å². The molecule has 0 bridgehead atoms. The van der Waals surface area contributed by atoms with Crippen LogP contribution >= 0.6 is 0 Å². The van der Waals surface area contributed by atoms with Gasteiger partial charge in [0.15, 0.2) is 0 Å². The number of hydrogen-bond donors (Lipinski definition) is 1. The number of nitrogens with zero attached hydrogens (tertiary/aromatic N) is 2. The summed E-state index contributed by atoms with van der Waals surface area (Å²) in [6.07, 6.45) is 3.68. The zero-order valence-corrected chi connectivity index (χ0v) is 12.3. The molecule has 1 heterocycles. The van der Waals surface area contributed by atoms with Gasteiger partial charge in [0.2, 0.25) is 0 Å². The van der Waals surface area contributed by atoms with Crippen LogP contribution in [0.1, 0.15) is 24.4 Å². The Bertz CT molecular complexity index is 762. The van der Waals surface area contributed by atoms with Crippen LogP contribution in [0.3, 0.4) is 0 Å². The van der Waals surface area contributed by atoms with Crippen LogP contribution in [-0.4, -0.2) is 9.55 Å². The van der Waals surface area contributed by atoms with Crippen molar-refractivity contribution in [3.8, 4) is 5.75 Å². The molecule has 3 rings (SSSR count). The number of hydrogen-bond acceptors (Lipinski definition) is 3. The maximum absolute atomic E-state index is 6.08. The Morgan fingerprint density at radius 3 is 2.76 bits per heavy atom. The van der Waals surface area contributed by atoms with Crippen molar-refractivity contribution in [3.05, 3.63) is 60.2 Å². The molecule has 0 saturated carbocycles. The van der Waals surface area contributed by atoms with Crippen LogP contribution in [0.5, 0.6) is 5.75 Å². The van der Waals surface area contributed by atoms with E-state index in [1.54, 1.807) is 6.20 Å². The highest BCUT2D eigenvalue weighted by atomic mass is 16.5. The number of imidazole rings is 1. The number of aromatic nitrogens is 2. The van der Waals surface area contributed by atoms with Gasteiger partial charge in [-0.2, -0.15) is 0 Å². The van der Waals surface area contributed by atoms with Crippen molar-refractivity contribution in [2.75, 3.05) is 0 Å². The molecule has 0 aliphatic rings. The van der Waals surface area contributed by atoms with Gasteiger partial charge in [-0.3, -0.25) is 0 Å². The Morgan fingerprint density at radius 2 is 2.05 bits per heavy atom. The molecule has 21 heavy (non-hydrogen) atoms.